The highest BCUT2D eigenvalue weighted by Gasteiger charge is 2.16. The lowest BCUT2D eigenvalue weighted by molar-refractivity contribution is -0.115. The molecule has 0 saturated heterocycles. The van der Waals surface area contributed by atoms with E-state index in [1.54, 1.807) is 6.92 Å². The predicted molar refractivity (Wildman–Crippen MR) is 102 cm³/mol. The van der Waals surface area contributed by atoms with Crippen LogP contribution in [0.15, 0.2) is 42.5 Å². The van der Waals surface area contributed by atoms with Crippen LogP contribution >= 0.6 is 23.4 Å². The number of nitrogens with one attached hydrogen (secondary N) is 2. The van der Waals surface area contributed by atoms with Gasteiger partial charge >= 0.3 is 0 Å². The van der Waals surface area contributed by atoms with Gasteiger partial charge in [0.25, 0.3) is 0 Å². The molecular weight excluding hydrogens is 363 g/mol. The fourth-order valence-electron chi connectivity index (χ4n) is 1.94. The minimum absolute atomic E-state index is 0.127. The highest BCUT2D eigenvalue weighted by Crippen LogP contribution is 2.23. The van der Waals surface area contributed by atoms with Crippen LogP contribution in [0.1, 0.15) is 12.5 Å². The molecule has 0 aliphatic carbocycles. The summed E-state index contributed by atoms with van der Waals surface area (Å²) in [5, 5.41) is 5.06. The van der Waals surface area contributed by atoms with Crippen LogP contribution in [0, 0.1) is 12.7 Å². The number of halogens is 2. The molecule has 7 heteroatoms. The highest BCUT2D eigenvalue weighted by atomic mass is 35.5. The van der Waals surface area contributed by atoms with Crippen molar-refractivity contribution in [3.05, 3.63) is 58.9 Å². The zero-order valence-electron chi connectivity index (χ0n) is 13.8. The number of aryl methyl sites for hydroxylation is 1. The molecule has 0 spiro atoms. The van der Waals surface area contributed by atoms with E-state index in [2.05, 4.69) is 10.6 Å². The van der Waals surface area contributed by atoms with Crippen molar-refractivity contribution < 1.29 is 14.0 Å². The van der Waals surface area contributed by atoms with Gasteiger partial charge in [-0.15, -0.1) is 11.8 Å². The van der Waals surface area contributed by atoms with Crippen molar-refractivity contribution in [2.24, 2.45) is 0 Å². The third-order valence-electron chi connectivity index (χ3n) is 3.36. The molecule has 0 saturated carbocycles. The van der Waals surface area contributed by atoms with Crippen LogP contribution in [0.25, 0.3) is 0 Å². The molecule has 0 fully saturated rings. The van der Waals surface area contributed by atoms with Crippen molar-refractivity contribution >= 4 is 46.6 Å². The first-order valence-corrected chi connectivity index (χ1v) is 9.02. The second kappa shape index (κ2) is 8.87. The Morgan fingerprint density at radius 3 is 2.48 bits per heavy atom. The molecule has 0 aliphatic rings. The van der Waals surface area contributed by atoms with E-state index in [1.807, 2.05) is 31.2 Å². The van der Waals surface area contributed by atoms with Crippen LogP contribution in [-0.2, 0) is 9.59 Å². The van der Waals surface area contributed by atoms with Gasteiger partial charge in [-0.2, -0.15) is 0 Å². The van der Waals surface area contributed by atoms with Crippen molar-refractivity contribution in [2.45, 2.75) is 19.1 Å². The number of hydrogen-bond donors (Lipinski definition) is 2. The van der Waals surface area contributed by atoms with E-state index in [0.717, 1.165) is 11.6 Å². The van der Waals surface area contributed by atoms with Gasteiger partial charge in [-0.05, 0) is 44.2 Å². The lowest BCUT2D eigenvalue weighted by Gasteiger charge is -2.13. The number of rotatable bonds is 6. The molecule has 132 valence electrons. The number of anilines is 2. The van der Waals surface area contributed by atoms with E-state index in [1.165, 1.54) is 23.9 Å². The fraction of sp³-hybridized carbons (Fsp3) is 0.222. The summed E-state index contributed by atoms with van der Waals surface area (Å²) in [5.74, 6) is -0.826. The molecule has 2 aromatic rings. The molecule has 1 unspecified atom stereocenters. The first-order chi connectivity index (χ1) is 11.8. The summed E-state index contributed by atoms with van der Waals surface area (Å²) in [6, 6.07) is 11.2. The Kier molecular flexibility index (Phi) is 6.84. The van der Waals surface area contributed by atoms with E-state index >= 15 is 0 Å². The van der Waals surface area contributed by atoms with Crippen molar-refractivity contribution in [1.29, 1.82) is 0 Å². The minimum Gasteiger partial charge on any atom is -0.325 e. The van der Waals surface area contributed by atoms with Gasteiger partial charge in [0.2, 0.25) is 11.8 Å². The first kappa shape index (κ1) is 19.3. The number of amides is 2. The number of thioether (sulfide) groups is 1. The minimum atomic E-state index is -0.474. The molecule has 2 N–H and O–H groups in total. The first-order valence-electron chi connectivity index (χ1n) is 7.59. The zero-order valence-corrected chi connectivity index (χ0v) is 15.4. The van der Waals surface area contributed by atoms with Crippen LogP contribution < -0.4 is 10.6 Å². The maximum atomic E-state index is 13.0. The summed E-state index contributed by atoms with van der Waals surface area (Å²) in [6.07, 6.45) is 0. The number of carbonyl (C=O) groups excluding carboxylic acids is 2. The van der Waals surface area contributed by atoms with Gasteiger partial charge in [0.15, 0.2) is 0 Å². The van der Waals surface area contributed by atoms with E-state index in [4.69, 9.17) is 11.6 Å². The third-order valence-corrected chi connectivity index (χ3v) is 4.81. The Morgan fingerprint density at radius 1 is 1.16 bits per heavy atom. The van der Waals surface area contributed by atoms with Gasteiger partial charge in [-0.25, -0.2) is 4.39 Å². The average Bonchev–Trinajstić information content (AvgIpc) is 2.57. The number of hydrogen-bond acceptors (Lipinski definition) is 3. The standard InChI is InChI=1S/C18H18ClFN2O2S/c1-11-3-6-14(7-4-11)21-17(23)10-25-12(2)18(24)22-16-8-5-13(20)9-15(16)19/h3-9,12H,10H2,1-2H3,(H,21,23)(H,22,24). The Labute approximate surface area is 155 Å². The second-order valence-electron chi connectivity index (χ2n) is 5.48. The monoisotopic (exact) mass is 380 g/mol. The quantitative estimate of drug-likeness (QED) is 0.776. The van der Waals surface area contributed by atoms with Crippen molar-refractivity contribution in [2.75, 3.05) is 16.4 Å². The summed E-state index contributed by atoms with van der Waals surface area (Å²) in [4.78, 5) is 24.1. The van der Waals surface area contributed by atoms with Crippen LogP contribution in [0.2, 0.25) is 5.02 Å². The van der Waals surface area contributed by atoms with Crippen molar-refractivity contribution in [3.63, 3.8) is 0 Å². The van der Waals surface area contributed by atoms with Crippen molar-refractivity contribution in [3.8, 4) is 0 Å². The van der Waals surface area contributed by atoms with Gasteiger partial charge in [0.05, 0.1) is 21.7 Å². The maximum Gasteiger partial charge on any atom is 0.237 e. The Morgan fingerprint density at radius 2 is 1.84 bits per heavy atom. The Balaban J connectivity index is 1.82. The molecule has 2 rings (SSSR count). The van der Waals surface area contributed by atoms with E-state index < -0.39 is 11.1 Å². The van der Waals surface area contributed by atoms with Crippen LogP contribution in [0.3, 0.4) is 0 Å². The smallest absolute Gasteiger partial charge is 0.237 e. The number of benzene rings is 2. The molecule has 0 aromatic heterocycles. The normalized spacial score (nSPS) is 11.7. The largest absolute Gasteiger partial charge is 0.325 e. The SMILES string of the molecule is Cc1ccc(NC(=O)CSC(C)C(=O)Nc2ccc(F)cc2Cl)cc1. The predicted octanol–water partition coefficient (Wildman–Crippen LogP) is 4.49. The molecule has 0 heterocycles. The Hall–Kier alpha value is -2.05. The van der Waals surface area contributed by atoms with Crippen LogP contribution in [0.4, 0.5) is 15.8 Å². The summed E-state index contributed by atoms with van der Waals surface area (Å²) in [7, 11) is 0. The molecule has 2 aromatic carbocycles. The molecule has 0 bridgehead atoms. The molecule has 25 heavy (non-hydrogen) atoms. The molecule has 1 atom stereocenters. The van der Waals surface area contributed by atoms with E-state index in [-0.39, 0.29) is 22.6 Å². The van der Waals surface area contributed by atoms with Gasteiger partial charge in [0, 0.05) is 5.69 Å². The summed E-state index contributed by atoms with van der Waals surface area (Å²) in [6.45, 7) is 3.66. The van der Waals surface area contributed by atoms with E-state index in [9.17, 15) is 14.0 Å². The average molecular weight is 381 g/mol. The van der Waals surface area contributed by atoms with Gasteiger partial charge in [0.1, 0.15) is 5.82 Å². The van der Waals surface area contributed by atoms with Gasteiger partial charge in [-0.1, -0.05) is 29.3 Å². The number of carbonyl (C=O) groups is 2. The van der Waals surface area contributed by atoms with Gasteiger partial charge < -0.3 is 10.6 Å². The summed E-state index contributed by atoms with van der Waals surface area (Å²) in [5.41, 5.74) is 2.16. The topological polar surface area (TPSA) is 58.2 Å². The molecule has 0 radical (unpaired) electrons. The van der Waals surface area contributed by atoms with Crippen LogP contribution in [0.5, 0.6) is 0 Å². The molecule has 2 amide bonds. The molecule has 0 aliphatic heterocycles. The van der Waals surface area contributed by atoms with Crippen molar-refractivity contribution in [1.82, 2.24) is 0 Å². The third kappa shape index (κ3) is 6.07. The molecule has 4 nitrogen and oxygen atoms in total. The lowest BCUT2D eigenvalue weighted by Crippen LogP contribution is -2.25. The zero-order chi connectivity index (χ0) is 18.4. The van der Waals surface area contributed by atoms with E-state index in [0.29, 0.717) is 11.4 Å². The second-order valence-corrected chi connectivity index (χ2v) is 7.22. The highest BCUT2D eigenvalue weighted by molar-refractivity contribution is 8.01. The summed E-state index contributed by atoms with van der Waals surface area (Å²) >= 11 is 7.08. The summed E-state index contributed by atoms with van der Waals surface area (Å²) < 4.78 is 13.0. The maximum absolute atomic E-state index is 13.0. The fourth-order valence-corrected chi connectivity index (χ4v) is 2.83. The molecular formula is C18H18ClFN2O2S. The lowest BCUT2D eigenvalue weighted by atomic mass is 10.2. The van der Waals surface area contributed by atoms with Gasteiger partial charge in [-0.3, -0.25) is 9.59 Å². The Bertz CT molecular complexity index is 768. The van der Waals surface area contributed by atoms with Crippen LogP contribution in [-0.4, -0.2) is 22.8 Å².